The van der Waals surface area contributed by atoms with E-state index >= 15 is 0 Å². The van der Waals surface area contributed by atoms with Gasteiger partial charge in [0.1, 0.15) is 17.6 Å². The van der Waals surface area contributed by atoms with Crippen LogP contribution in [0.2, 0.25) is 0 Å². The summed E-state index contributed by atoms with van der Waals surface area (Å²) in [5.41, 5.74) is 1.64. The number of H-pyrrole nitrogens is 1. The molecular formula is C12H11N5O. The van der Waals surface area contributed by atoms with Crippen molar-refractivity contribution in [2.24, 2.45) is 0 Å². The molecule has 0 spiro atoms. The maximum atomic E-state index is 9.74. The molecule has 0 amide bonds. The van der Waals surface area contributed by atoms with Gasteiger partial charge in [-0.3, -0.25) is 4.98 Å². The van der Waals surface area contributed by atoms with Crippen molar-refractivity contribution in [1.82, 2.24) is 20.2 Å². The van der Waals surface area contributed by atoms with Crippen LogP contribution in [0, 0.1) is 0 Å². The Hall–Kier alpha value is -2.63. The van der Waals surface area contributed by atoms with Gasteiger partial charge < -0.3 is 10.4 Å². The van der Waals surface area contributed by atoms with E-state index in [4.69, 9.17) is 0 Å². The Kier molecular flexibility index (Phi) is 2.53. The van der Waals surface area contributed by atoms with E-state index in [-0.39, 0.29) is 5.75 Å². The molecule has 0 aliphatic heterocycles. The molecule has 18 heavy (non-hydrogen) atoms. The number of fused-ring (bicyclic) bond motifs is 1. The second-order valence-corrected chi connectivity index (χ2v) is 3.83. The lowest BCUT2D eigenvalue weighted by Crippen LogP contribution is -2.01. The summed E-state index contributed by atoms with van der Waals surface area (Å²) in [5.74, 6) is 0.800. The molecule has 0 fully saturated rings. The van der Waals surface area contributed by atoms with Gasteiger partial charge in [0.25, 0.3) is 0 Å². The van der Waals surface area contributed by atoms with Crippen molar-refractivity contribution in [3.8, 4) is 5.75 Å². The van der Waals surface area contributed by atoms with Crippen LogP contribution in [0.4, 0.5) is 5.95 Å². The molecule has 6 heteroatoms. The zero-order valence-corrected chi connectivity index (χ0v) is 9.46. The third-order valence-electron chi connectivity index (χ3n) is 2.70. The van der Waals surface area contributed by atoms with Crippen molar-refractivity contribution in [2.45, 2.75) is 6.54 Å². The van der Waals surface area contributed by atoms with Crippen LogP contribution in [0.1, 0.15) is 5.56 Å². The topological polar surface area (TPSA) is 86.7 Å². The quantitative estimate of drug-likeness (QED) is 0.649. The normalized spacial score (nSPS) is 10.7. The van der Waals surface area contributed by atoms with Crippen molar-refractivity contribution in [3.05, 3.63) is 42.4 Å². The number of pyridine rings is 1. The predicted molar refractivity (Wildman–Crippen MR) is 67.1 cm³/mol. The van der Waals surface area contributed by atoms with Crippen LogP contribution < -0.4 is 5.32 Å². The number of rotatable bonds is 3. The highest BCUT2D eigenvalue weighted by Crippen LogP contribution is 2.25. The summed E-state index contributed by atoms with van der Waals surface area (Å²) in [7, 11) is 0. The fourth-order valence-electron chi connectivity index (χ4n) is 1.84. The Labute approximate surface area is 103 Å². The van der Waals surface area contributed by atoms with Gasteiger partial charge in [-0.2, -0.15) is 5.10 Å². The lowest BCUT2D eigenvalue weighted by Gasteiger charge is -2.07. The molecule has 2 aromatic heterocycles. The van der Waals surface area contributed by atoms with Crippen molar-refractivity contribution in [2.75, 3.05) is 5.32 Å². The smallest absolute Gasteiger partial charge is 0.218 e. The molecule has 3 N–H and O–H groups in total. The number of aromatic amines is 1. The molecule has 0 saturated carbocycles. The fourth-order valence-corrected chi connectivity index (χ4v) is 1.84. The lowest BCUT2D eigenvalue weighted by atomic mass is 10.1. The van der Waals surface area contributed by atoms with Crippen LogP contribution in [0.3, 0.4) is 0 Å². The number of aromatic hydroxyl groups is 1. The monoisotopic (exact) mass is 241 g/mol. The van der Waals surface area contributed by atoms with Gasteiger partial charge in [-0.15, -0.1) is 0 Å². The van der Waals surface area contributed by atoms with E-state index in [2.05, 4.69) is 25.5 Å². The van der Waals surface area contributed by atoms with E-state index < -0.39 is 0 Å². The molecule has 6 nitrogen and oxygen atoms in total. The van der Waals surface area contributed by atoms with Crippen LogP contribution in [0.15, 0.2) is 36.8 Å². The highest BCUT2D eigenvalue weighted by molar-refractivity contribution is 5.87. The Bertz CT molecular complexity index is 665. The second kappa shape index (κ2) is 4.33. The largest absolute Gasteiger partial charge is 0.506 e. The van der Waals surface area contributed by atoms with Gasteiger partial charge >= 0.3 is 0 Å². The highest BCUT2D eigenvalue weighted by atomic mass is 16.3. The summed E-state index contributed by atoms with van der Waals surface area (Å²) in [6.45, 7) is 0.581. The van der Waals surface area contributed by atoms with Crippen LogP contribution >= 0.6 is 0 Å². The first-order valence-electron chi connectivity index (χ1n) is 5.49. The van der Waals surface area contributed by atoms with E-state index in [9.17, 15) is 5.11 Å². The molecule has 0 bridgehead atoms. The molecule has 90 valence electrons. The standard InChI is InChI=1S/C12H11N5O/c18-10-4-3-8(6-14-12-15-7-16-17-12)9-2-1-5-13-11(9)10/h1-5,7,18H,6H2,(H2,14,15,16,17). The molecule has 0 unspecified atom stereocenters. The van der Waals surface area contributed by atoms with Gasteiger partial charge in [0, 0.05) is 18.1 Å². The SMILES string of the molecule is Oc1ccc(CNc2ncn[nH]2)c2cccnc12. The summed E-state index contributed by atoms with van der Waals surface area (Å²) in [4.78, 5) is 8.16. The van der Waals surface area contributed by atoms with Crippen molar-refractivity contribution >= 4 is 16.9 Å². The van der Waals surface area contributed by atoms with E-state index in [1.54, 1.807) is 12.3 Å². The number of aromatic nitrogens is 4. The minimum Gasteiger partial charge on any atom is -0.506 e. The molecule has 1 aromatic carbocycles. The number of hydrogen-bond acceptors (Lipinski definition) is 5. The number of nitrogens with zero attached hydrogens (tertiary/aromatic N) is 3. The van der Waals surface area contributed by atoms with Crippen LogP contribution in [-0.4, -0.2) is 25.3 Å². The van der Waals surface area contributed by atoms with Crippen LogP contribution in [-0.2, 0) is 6.54 Å². The molecule has 3 rings (SSSR count). The maximum absolute atomic E-state index is 9.74. The summed E-state index contributed by atoms with van der Waals surface area (Å²) in [6, 6.07) is 7.29. The van der Waals surface area contributed by atoms with E-state index in [0.717, 1.165) is 10.9 Å². The average Bonchev–Trinajstić information content (AvgIpc) is 2.92. The predicted octanol–water partition coefficient (Wildman–Crippen LogP) is 1.67. The number of phenolic OH excluding ortho intramolecular Hbond substituents is 1. The van der Waals surface area contributed by atoms with Gasteiger partial charge in [0.15, 0.2) is 0 Å². The van der Waals surface area contributed by atoms with E-state index in [0.29, 0.717) is 18.0 Å². The second-order valence-electron chi connectivity index (χ2n) is 3.83. The van der Waals surface area contributed by atoms with Gasteiger partial charge in [-0.05, 0) is 17.7 Å². The highest BCUT2D eigenvalue weighted by Gasteiger charge is 2.06. The van der Waals surface area contributed by atoms with Gasteiger partial charge in [0.05, 0.1) is 0 Å². The molecule has 0 aliphatic carbocycles. The molecule has 3 aromatic rings. The zero-order valence-electron chi connectivity index (χ0n) is 9.46. The van der Waals surface area contributed by atoms with Crippen LogP contribution in [0.25, 0.3) is 10.9 Å². The Morgan fingerprint density at radius 3 is 3.00 bits per heavy atom. The third-order valence-corrected chi connectivity index (χ3v) is 2.70. The molecule has 2 heterocycles. The van der Waals surface area contributed by atoms with Gasteiger partial charge in [0.2, 0.25) is 5.95 Å². The van der Waals surface area contributed by atoms with Crippen molar-refractivity contribution in [1.29, 1.82) is 0 Å². The molecule has 0 radical (unpaired) electrons. The fraction of sp³-hybridized carbons (Fsp3) is 0.0833. The third kappa shape index (κ3) is 1.84. The zero-order chi connectivity index (χ0) is 12.4. The Morgan fingerprint density at radius 2 is 2.17 bits per heavy atom. The first kappa shape index (κ1) is 10.5. The number of phenols is 1. The van der Waals surface area contributed by atoms with Crippen molar-refractivity contribution < 1.29 is 5.11 Å². The number of hydrogen-bond donors (Lipinski definition) is 3. The molecule has 0 aliphatic rings. The van der Waals surface area contributed by atoms with Crippen molar-refractivity contribution in [3.63, 3.8) is 0 Å². The molecule has 0 saturated heterocycles. The summed E-state index contributed by atoms with van der Waals surface area (Å²) >= 11 is 0. The maximum Gasteiger partial charge on any atom is 0.218 e. The minimum absolute atomic E-state index is 0.189. The molecular weight excluding hydrogens is 230 g/mol. The van der Waals surface area contributed by atoms with Gasteiger partial charge in [-0.1, -0.05) is 12.1 Å². The number of nitrogens with one attached hydrogen (secondary N) is 2. The summed E-state index contributed by atoms with van der Waals surface area (Å²) in [5, 5.41) is 20.3. The average molecular weight is 241 g/mol. The number of anilines is 1. The Balaban J connectivity index is 1.94. The minimum atomic E-state index is 0.189. The first-order valence-corrected chi connectivity index (χ1v) is 5.49. The Morgan fingerprint density at radius 1 is 1.22 bits per heavy atom. The number of benzene rings is 1. The lowest BCUT2D eigenvalue weighted by molar-refractivity contribution is 0.480. The van der Waals surface area contributed by atoms with E-state index in [1.807, 2.05) is 18.2 Å². The molecule has 0 atom stereocenters. The van der Waals surface area contributed by atoms with Crippen LogP contribution in [0.5, 0.6) is 5.75 Å². The first-order chi connectivity index (χ1) is 8.84. The summed E-state index contributed by atoms with van der Waals surface area (Å²) in [6.07, 6.45) is 3.11. The summed E-state index contributed by atoms with van der Waals surface area (Å²) < 4.78 is 0. The van der Waals surface area contributed by atoms with E-state index in [1.165, 1.54) is 6.33 Å². The van der Waals surface area contributed by atoms with Gasteiger partial charge in [-0.25, -0.2) is 10.1 Å².